The summed E-state index contributed by atoms with van der Waals surface area (Å²) < 4.78 is 0. The van der Waals surface area contributed by atoms with Gasteiger partial charge in [-0.15, -0.1) is 11.3 Å². The molecule has 2 N–H and O–H groups in total. The van der Waals surface area contributed by atoms with Gasteiger partial charge in [0.1, 0.15) is 0 Å². The van der Waals surface area contributed by atoms with Crippen molar-refractivity contribution in [2.24, 2.45) is 5.73 Å². The maximum Gasteiger partial charge on any atom is 0.0327 e. The summed E-state index contributed by atoms with van der Waals surface area (Å²) in [7, 11) is 2.15. The lowest BCUT2D eigenvalue weighted by Gasteiger charge is -2.15. The molecule has 3 heteroatoms. The van der Waals surface area contributed by atoms with Crippen molar-refractivity contribution in [1.82, 2.24) is 4.90 Å². The molecule has 13 heavy (non-hydrogen) atoms. The molecule has 1 aromatic heterocycles. The number of rotatable bonds is 5. The SMILES string of the molecule is Cc1ccsc1CN(C)CCCN. The predicted molar refractivity (Wildman–Crippen MR) is 59.1 cm³/mol. The van der Waals surface area contributed by atoms with Crippen LogP contribution in [0.15, 0.2) is 11.4 Å². The van der Waals surface area contributed by atoms with Crippen LogP contribution in [0.1, 0.15) is 16.9 Å². The number of nitrogens with zero attached hydrogens (tertiary/aromatic N) is 1. The summed E-state index contributed by atoms with van der Waals surface area (Å²) in [6, 6.07) is 2.18. The first-order valence-corrected chi connectivity index (χ1v) is 5.53. The van der Waals surface area contributed by atoms with Gasteiger partial charge in [0, 0.05) is 11.4 Å². The third-order valence-corrected chi connectivity index (χ3v) is 3.13. The molecule has 0 aliphatic rings. The van der Waals surface area contributed by atoms with Crippen molar-refractivity contribution in [3.05, 3.63) is 21.9 Å². The Hall–Kier alpha value is -0.380. The van der Waals surface area contributed by atoms with E-state index in [2.05, 4.69) is 30.3 Å². The first-order valence-electron chi connectivity index (χ1n) is 4.65. The molecular formula is C10H18N2S. The first-order chi connectivity index (χ1) is 6.24. The normalized spacial score (nSPS) is 11.1. The van der Waals surface area contributed by atoms with Crippen molar-refractivity contribution >= 4 is 11.3 Å². The number of aryl methyl sites for hydroxylation is 1. The smallest absolute Gasteiger partial charge is 0.0327 e. The van der Waals surface area contributed by atoms with Crippen LogP contribution in [0.2, 0.25) is 0 Å². The zero-order valence-corrected chi connectivity index (χ0v) is 9.23. The van der Waals surface area contributed by atoms with Gasteiger partial charge >= 0.3 is 0 Å². The Bertz CT molecular complexity index is 245. The molecular weight excluding hydrogens is 180 g/mol. The van der Waals surface area contributed by atoms with Crippen molar-refractivity contribution in [2.75, 3.05) is 20.1 Å². The van der Waals surface area contributed by atoms with Crippen LogP contribution in [0.5, 0.6) is 0 Å². The van der Waals surface area contributed by atoms with Crippen LogP contribution >= 0.6 is 11.3 Å². The fourth-order valence-corrected chi connectivity index (χ4v) is 2.24. The van der Waals surface area contributed by atoms with E-state index in [0.29, 0.717) is 0 Å². The molecule has 0 bridgehead atoms. The van der Waals surface area contributed by atoms with Gasteiger partial charge in [0.2, 0.25) is 0 Å². The van der Waals surface area contributed by atoms with Crippen molar-refractivity contribution in [2.45, 2.75) is 19.9 Å². The number of thiophene rings is 1. The molecule has 0 spiro atoms. The van der Waals surface area contributed by atoms with E-state index in [0.717, 1.165) is 26.1 Å². The summed E-state index contributed by atoms with van der Waals surface area (Å²) in [6.45, 7) is 5.10. The third kappa shape index (κ3) is 3.46. The van der Waals surface area contributed by atoms with Gasteiger partial charge in [0.15, 0.2) is 0 Å². The van der Waals surface area contributed by atoms with Crippen LogP contribution in [0.4, 0.5) is 0 Å². The van der Waals surface area contributed by atoms with Gasteiger partial charge in [0.05, 0.1) is 0 Å². The second-order valence-electron chi connectivity index (χ2n) is 3.41. The zero-order chi connectivity index (χ0) is 9.68. The summed E-state index contributed by atoms with van der Waals surface area (Å²) in [5, 5.41) is 2.15. The standard InChI is InChI=1S/C10H18N2S/c1-9-4-7-13-10(9)8-12(2)6-3-5-11/h4,7H,3,5-6,8,11H2,1-2H3. The Morgan fingerprint density at radius 2 is 2.31 bits per heavy atom. The summed E-state index contributed by atoms with van der Waals surface area (Å²) in [4.78, 5) is 3.80. The van der Waals surface area contributed by atoms with Gasteiger partial charge in [-0.2, -0.15) is 0 Å². The number of nitrogens with two attached hydrogens (primary N) is 1. The van der Waals surface area contributed by atoms with Crippen molar-refractivity contribution < 1.29 is 0 Å². The third-order valence-electron chi connectivity index (χ3n) is 2.13. The molecule has 0 radical (unpaired) electrons. The van der Waals surface area contributed by atoms with E-state index < -0.39 is 0 Å². The molecule has 2 nitrogen and oxygen atoms in total. The highest BCUT2D eigenvalue weighted by atomic mass is 32.1. The zero-order valence-electron chi connectivity index (χ0n) is 8.42. The van der Waals surface area contributed by atoms with E-state index >= 15 is 0 Å². The second kappa shape index (κ2) is 5.37. The molecule has 1 heterocycles. The minimum Gasteiger partial charge on any atom is -0.330 e. The average Bonchev–Trinajstić information content (AvgIpc) is 2.48. The van der Waals surface area contributed by atoms with Crippen LogP contribution in [0.25, 0.3) is 0 Å². The molecule has 0 aromatic carbocycles. The largest absolute Gasteiger partial charge is 0.330 e. The minimum absolute atomic E-state index is 0.785. The fraction of sp³-hybridized carbons (Fsp3) is 0.600. The first kappa shape index (κ1) is 10.7. The lowest BCUT2D eigenvalue weighted by Crippen LogP contribution is -2.21. The Labute approximate surface area is 84.4 Å². The van der Waals surface area contributed by atoms with Crippen LogP contribution in [0, 0.1) is 6.92 Å². The van der Waals surface area contributed by atoms with Gasteiger partial charge < -0.3 is 10.6 Å². The van der Waals surface area contributed by atoms with Crippen LogP contribution in [0.3, 0.4) is 0 Å². The predicted octanol–water partition coefficient (Wildman–Crippen LogP) is 1.84. The van der Waals surface area contributed by atoms with Crippen molar-refractivity contribution in [1.29, 1.82) is 0 Å². The topological polar surface area (TPSA) is 29.3 Å². The summed E-state index contributed by atoms with van der Waals surface area (Å²) in [5.41, 5.74) is 6.86. The molecule has 0 amide bonds. The Morgan fingerprint density at radius 1 is 1.54 bits per heavy atom. The maximum atomic E-state index is 5.46. The molecule has 0 fully saturated rings. The molecule has 74 valence electrons. The highest BCUT2D eigenvalue weighted by molar-refractivity contribution is 7.10. The molecule has 0 atom stereocenters. The fourth-order valence-electron chi connectivity index (χ4n) is 1.25. The van der Waals surface area contributed by atoms with Gasteiger partial charge in [0.25, 0.3) is 0 Å². The molecule has 0 saturated heterocycles. The molecule has 1 rings (SSSR count). The van der Waals surface area contributed by atoms with E-state index in [-0.39, 0.29) is 0 Å². The summed E-state index contributed by atoms with van der Waals surface area (Å²) in [5.74, 6) is 0. The highest BCUT2D eigenvalue weighted by Crippen LogP contribution is 2.16. The maximum absolute atomic E-state index is 5.46. The molecule has 1 aromatic rings. The Balaban J connectivity index is 2.36. The molecule has 0 aliphatic heterocycles. The van der Waals surface area contributed by atoms with Crippen LogP contribution in [-0.4, -0.2) is 25.0 Å². The second-order valence-corrected chi connectivity index (χ2v) is 4.41. The molecule has 0 unspecified atom stereocenters. The average molecular weight is 198 g/mol. The Kier molecular flexibility index (Phi) is 4.42. The molecule has 0 saturated carbocycles. The monoisotopic (exact) mass is 198 g/mol. The number of hydrogen-bond acceptors (Lipinski definition) is 3. The van der Waals surface area contributed by atoms with E-state index in [4.69, 9.17) is 5.73 Å². The summed E-state index contributed by atoms with van der Waals surface area (Å²) >= 11 is 1.84. The highest BCUT2D eigenvalue weighted by Gasteiger charge is 2.03. The van der Waals surface area contributed by atoms with Gasteiger partial charge in [-0.05, 0) is 50.5 Å². The lowest BCUT2D eigenvalue weighted by molar-refractivity contribution is 0.326. The van der Waals surface area contributed by atoms with Gasteiger partial charge in [-0.25, -0.2) is 0 Å². The van der Waals surface area contributed by atoms with Crippen molar-refractivity contribution in [3.63, 3.8) is 0 Å². The molecule has 0 aliphatic carbocycles. The summed E-state index contributed by atoms with van der Waals surface area (Å²) in [6.07, 6.45) is 1.08. The Morgan fingerprint density at radius 3 is 2.85 bits per heavy atom. The van der Waals surface area contributed by atoms with Crippen LogP contribution < -0.4 is 5.73 Å². The minimum atomic E-state index is 0.785. The van der Waals surface area contributed by atoms with Crippen LogP contribution in [-0.2, 0) is 6.54 Å². The van der Waals surface area contributed by atoms with E-state index in [1.807, 2.05) is 11.3 Å². The van der Waals surface area contributed by atoms with E-state index in [1.54, 1.807) is 0 Å². The lowest BCUT2D eigenvalue weighted by atomic mass is 10.3. The number of hydrogen-bond donors (Lipinski definition) is 1. The van der Waals surface area contributed by atoms with E-state index in [1.165, 1.54) is 10.4 Å². The van der Waals surface area contributed by atoms with Gasteiger partial charge in [-0.1, -0.05) is 0 Å². The van der Waals surface area contributed by atoms with E-state index in [9.17, 15) is 0 Å². The van der Waals surface area contributed by atoms with Crippen molar-refractivity contribution in [3.8, 4) is 0 Å². The quantitative estimate of drug-likeness (QED) is 0.782. The van der Waals surface area contributed by atoms with Gasteiger partial charge in [-0.3, -0.25) is 0 Å².